The molecule has 1 aliphatic heterocycles. The van der Waals surface area contributed by atoms with Crippen molar-refractivity contribution in [2.45, 2.75) is 31.8 Å². The zero-order valence-corrected chi connectivity index (χ0v) is 19.7. The fourth-order valence-corrected chi connectivity index (χ4v) is 5.92. The van der Waals surface area contributed by atoms with Crippen LogP contribution in [0.15, 0.2) is 42.5 Å². The minimum Gasteiger partial charge on any atom is -0.298 e. The van der Waals surface area contributed by atoms with E-state index in [1.807, 2.05) is 0 Å². The first-order chi connectivity index (χ1) is 15.8. The summed E-state index contributed by atoms with van der Waals surface area (Å²) in [4.78, 5) is 14.1. The number of hydrazine groups is 1. The molecule has 3 N–H and O–H groups in total. The van der Waals surface area contributed by atoms with Gasteiger partial charge in [-0.25, -0.2) is 10.2 Å². The number of nitrogens with two attached hydrogens (primary N) is 1. The van der Waals surface area contributed by atoms with Crippen molar-refractivity contribution in [3.63, 3.8) is 0 Å². The molecular weight excluding hydrogens is 469 g/mol. The van der Waals surface area contributed by atoms with Crippen molar-refractivity contribution < 1.29 is 17.6 Å². The molecule has 11 heteroatoms. The Hall–Kier alpha value is -2.24. The summed E-state index contributed by atoms with van der Waals surface area (Å²) in [6, 6.07) is 10.9. The molecule has 2 aliphatic rings. The van der Waals surface area contributed by atoms with E-state index in [0.717, 1.165) is 6.07 Å². The molecule has 1 saturated carbocycles. The molecule has 0 atom stereocenters. The van der Waals surface area contributed by atoms with E-state index in [0.29, 0.717) is 43.3 Å². The first-order valence-corrected chi connectivity index (χ1v) is 12.6. The van der Waals surface area contributed by atoms with Crippen LogP contribution >= 0.6 is 11.6 Å². The van der Waals surface area contributed by atoms with Crippen molar-refractivity contribution >= 4 is 33.4 Å². The lowest BCUT2D eigenvalue weighted by atomic mass is 9.91. The molecule has 178 valence electrons. The maximum atomic E-state index is 13.8. The Morgan fingerprint density at radius 2 is 1.79 bits per heavy atom. The first kappa shape index (κ1) is 23.9. The van der Waals surface area contributed by atoms with Gasteiger partial charge in [0.1, 0.15) is 5.82 Å². The number of hydrogen-bond acceptors (Lipinski definition) is 5. The molecule has 2 aromatic carbocycles. The summed E-state index contributed by atoms with van der Waals surface area (Å²) >= 11 is 5.97. The van der Waals surface area contributed by atoms with E-state index in [1.165, 1.54) is 40.0 Å². The van der Waals surface area contributed by atoms with Crippen molar-refractivity contribution in [1.82, 2.24) is 14.6 Å². The summed E-state index contributed by atoms with van der Waals surface area (Å²) in [6.07, 6.45) is 3.57. The van der Waals surface area contributed by atoms with Gasteiger partial charge in [-0.1, -0.05) is 30.2 Å². The largest absolute Gasteiger partial charge is 0.304 e. The molecule has 2 aromatic rings. The first-order valence-electron chi connectivity index (χ1n) is 10.9. The molecule has 1 heterocycles. The van der Waals surface area contributed by atoms with Crippen LogP contribution in [0.25, 0.3) is 0 Å². The Morgan fingerprint density at radius 1 is 1.12 bits per heavy atom. The molecule has 1 amide bonds. The molecule has 1 saturated heterocycles. The molecule has 0 bridgehead atoms. The Labute approximate surface area is 198 Å². The number of nitrogens with zero attached hydrogens (tertiary/aromatic N) is 3. The van der Waals surface area contributed by atoms with Gasteiger partial charge in [0.05, 0.1) is 17.3 Å². The number of amides is 1. The van der Waals surface area contributed by atoms with Crippen molar-refractivity contribution in [2.75, 3.05) is 30.5 Å². The normalized spacial score (nSPS) is 18.0. The Kier molecular flexibility index (Phi) is 7.20. The lowest BCUT2D eigenvalue weighted by Crippen LogP contribution is -2.56. The van der Waals surface area contributed by atoms with Gasteiger partial charge in [0, 0.05) is 37.8 Å². The second-order valence-electron chi connectivity index (χ2n) is 8.30. The molecule has 4 rings (SSSR count). The van der Waals surface area contributed by atoms with Gasteiger partial charge in [0.2, 0.25) is 0 Å². The summed E-state index contributed by atoms with van der Waals surface area (Å²) in [6.45, 7) is 2.15. The Bertz CT molecular complexity index is 1100. The summed E-state index contributed by atoms with van der Waals surface area (Å²) in [7, 11) is -3.91. The second-order valence-corrected chi connectivity index (χ2v) is 10.6. The number of carbonyl (C=O) groups is 1. The van der Waals surface area contributed by atoms with Gasteiger partial charge in [0.15, 0.2) is 0 Å². The average molecular weight is 496 g/mol. The topological polar surface area (TPSA) is 99.0 Å². The molecule has 1 aliphatic carbocycles. The number of nitrogen functional groups attached to an aromatic ring is 1. The summed E-state index contributed by atoms with van der Waals surface area (Å²) in [5.74, 6) is 4.10. The number of carbonyl (C=O) groups excluding carboxylic acids is 1. The molecule has 0 unspecified atom stereocenters. The van der Waals surface area contributed by atoms with Crippen LogP contribution in [0.5, 0.6) is 0 Å². The molecule has 0 radical (unpaired) electrons. The van der Waals surface area contributed by atoms with Crippen LogP contribution in [0, 0.1) is 5.82 Å². The Balaban J connectivity index is 1.59. The fourth-order valence-electron chi connectivity index (χ4n) is 4.15. The van der Waals surface area contributed by atoms with Gasteiger partial charge in [-0.2, -0.15) is 12.7 Å². The lowest BCUT2D eigenvalue weighted by molar-refractivity contribution is 0.0888. The summed E-state index contributed by atoms with van der Waals surface area (Å²) in [5, 5.41) is -0.155. The maximum Gasteiger partial charge on any atom is 0.304 e. The quantitative estimate of drug-likeness (QED) is 0.349. The highest BCUT2D eigenvalue weighted by atomic mass is 35.5. The van der Waals surface area contributed by atoms with Gasteiger partial charge >= 0.3 is 10.2 Å². The molecular formula is C22H27ClFN5O3S. The van der Waals surface area contributed by atoms with Gasteiger partial charge in [0.25, 0.3) is 5.91 Å². The third-order valence-electron chi connectivity index (χ3n) is 6.33. The highest BCUT2D eigenvalue weighted by Gasteiger charge is 2.35. The number of anilines is 1. The van der Waals surface area contributed by atoms with Crippen molar-refractivity contribution in [2.24, 2.45) is 5.84 Å². The van der Waals surface area contributed by atoms with Crippen molar-refractivity contribution in [3.05, 3.63) is 64.4 Å². The average Bonchev–Trinajstić information content (AvgIpc) is 2.78. The molecule has 0 spiro atoms. The molecule has 8 nitrogen and oxygen atoms in total. The Morgan fingerprint density at radius 3 is 2.33 bits per heavy atom. The van der Waals surface area contributed by atoms with E-state index < -0.39 is 21.9 Å². The predicted octanol–water partition coefficient (Wildman–Crippen LogP) is 2.50. The maximum absolute atomic E-state index is 13.8. The van der Waals surface area contributed by atoms with Gasteiger partial charge in [-0.3, -0.25) is 19.4 Å². The van der Waals surface area contributed by atoms with E-state index in [9.17, 15) is 17.6 Å². The monoisotopic (exact) mass is 495 g/mol. The fraction of sp³-hybridized carbons (Fsp3) is 0.409. The molecule has 2 fully saturated rings. The number of benzene rings is 2. The predicted molar refractivity (Wildman–Crippen MR) is 125 cm³/mol. The van der Waals surface area contributed by atoms with Crippen molar-refractivity contribution in [1.29, 1.82) is 0 Å². The van der Waals surface area contributed by atoms with E-state index in [2.05, 4.69) is 10.3 Å². The van der Waals surface area contributed by atoms with Crippen LogP contribution in [0.1, 0.15) is 35.2 Å². The summed E-state index contributed by atoms with van der Waals surface area (Å²) < 4.78 is 43.9. The van der Waals surface area contributed by atoms with Crippen LogP contribution in [0.3, 0.4) is 0 Å². The number of rotatable bonds is 7. The van der Waals surface area contributed by atoms with Crippen LogP contribution in [0.4, 0.5) is 10.1 Å². The van der Waals surface area contributed by atoms with E-state index in [1.54, 1.807) is 24.3 Å². The molecule has 0 aromatic heterocycles. The number of halogens is 2. The standard InChI is InChI=1S/C22H27ClFN5O3S/c23-20-14-19(8-9-21(20)24)29(15-16-4-6-17(7-5-16)22(30)26-25)33(31,32)28-12-10-27(11-13-28)18-2-1-3-18/h4-9,14,18H,1-3,10-13,15,25H2,(H,26,30). The van der Waals surface area contributed by atoms with Crippen molar-refractivity contribution in [3.8, 4) is 0 Å². The number of piperazine rings is 1. The number of hydrogen-bond donors (Lipinski definition) is 2. The van der Waals surface area contributed by atoms with Crippen LogP contribution in [0.2, 0.25) is 5.02 Å². The van der Waals surface area contributed by atoms with Gasteiger partial charge in [-0.15, -0.1) is 0 Å². The second kappa shape index (κ2) is 9.94. The van der Waals surface area contributed by atoms with E-state index in [-0.39, 0.29) is 17.3 Å². The van der Waals surface area contributed by atoms with E-state index >= 15 is 0 Å². The van der Waals surface area contributed by atoms with Crippen LogP contribution in [-0.2, 0) is 16.8 Å². The third kappa shape index (κ3) is 5.15. The zero-order chi connectivity index (χ0) is 23.6. The zero-order valence-electron chi connectivity index (χ0n) is 18.1. The highest BCUT2D eigenvalue weighted by molar-refractivity contribution is 7.90. The minimum absolute atomic E-state index is 0.00232. The summed E-state index contributed by atoms with van der Waals surface area (Å²) in [5.41, 5.74) is 3.34. The third-order valence-corrected chi connectivity index (χ3v) is 8.54. The smallest absolute Gasteiger partial charge is 0.298 e. The molecule has 33 heavy (non-hydrogen) atoms. The van der Waals surface area contributed by atoms with Gasteiger partial charge in [-0.05, 0) is 48.7 Å². The van der Waals surface area contributed by atoms with Crippen LogP contribution in [-0.4, -0.2) is 55.8 Å². The SMILES string of the molecule is NNC(=O)c1ccc(CN(c2ccc(F)c(Cl)c2)S(=O)(=O)N2CCN(C3CCC3)CC2)cc1. The van der Waals surface area contributed by atoms with Gasteiger partial charge < -0.3 is 0 Å². The minimum atomic E-state index is -3.91. The number of nitrogens with one attached hydrogen (secondary N) is 1. The highest BCUT2D eigenvalue weighted by Crippen LogP contribution is 2.30. The van der Waals surface area contributed by atoms with E-state index in [4.69, 9.17) is 17.4 Å². The van der Waals surface area contributed by atoms with Crippen LogP contribution < -0.4 is 15.6 Å². The lowest BCUT2D eigenvalue weighted by Gasteiger charge is -2.43.